The highest BCUT2D eigenvalue weighted by molar-refractivity contribution is 7.89. The summed E-state index contributed by atoms with van der Waals surface area (Å²) >= 11 is 0. The molecule has 1 amide bonds. The average Bonchev–Trinajstić information content (AvgIpc) is 2.67. The highest BCUT2D eigenvalue weighted by atomic mass is 35.5. The van der Waals surface area contributed by atoms with Crippen LogP contribution in [0.2, 0.25) is 0 Å². The molecule has 10 heteroatoms. The van der Waals surface area contributed by atoms with Crippen LogP contribution in [0.5, 0.6) is 0 Å². The van der Waals surface area contributed by atoms with Crippen molar-refractivity contribution in [3.8, 4) is 0 Å². The molecule has 0 radical (unpaired) electrons. The second-order valence-electron chi connectivity index (χ2n) is 6.78. The summed E-state index contributed by atoms with van der Waals surface area (Å²) in [7, 11) is -0.432. The van der Waals surface area contributed by atoms with Crippen LogP contribution >= 0.6 is 12.4 Å². The van der Waals surface area contributed by atoms with Crippen LogP contribution in [0.25, 0.3) is 0 Å². The van der Waals surface area contributed by atoms with Gasteiger partial charge in [-0.3, -0.25) is 4.79 Å². The largest absolute Gasteiger partial charge is 0.384 e. The van der Waals surface area contributed by atoms with Crippen molar-refractivity contribution < 1.29 is 22.7 Å². The maximum absolute atomic E-state index is 12.5. The molecule has 28 heavy (non-hydrogen) atoms. The highest BCUT2D eigenvalue weighted by Crippen LogP contribution is 2.28. The number of hydrogen-bond acceptors (Lipinski definition) is 6. The van der Waals surface area contributed by atoms with Crippen molar-refractivity contribution >= 4 is 28.3 Å². The molecule has 1 aliphatic heterocycles. The van der Waals surface area contributed by atoms with Gasteiger partial charge in [0, 0.05) is 38.3 Å². The van der Waals surface area contributed by atoms with Crippen molar-refractivity contribution in [2.24, 2.45) is 5.41 Å². The lowest BCUT2D eigenvalue weighted by molar-refractivity contribution is 0.0511. The van der Waals surface area contributed by atoms with E-state index in [1.807, 2.05) is 0 Å². The number of methoxy groups -OCH3 is 2. The second kappa shape index (κ2) is 11.7. The first-order valence-electron chi connectivity index (χ1n) is 8.99. The molecule has 1 saturated heterocycles. The summed E-state index contributed by atoms with van der Waals surface area (Å²) < 4.78 is 36.9. The first kappa shape index (κ1) is 24.8. The SMILES string of the molecule is COCCNS(=O)(=O)c1ccc(C(=O)NCC2(COC)CCNCC2)cc1.Cl. The van der Waals surface area contributed by atoms with Gasteiger partial charge in [0.15, 0.2) is 0 Å². The lowest BCUT2D eigenvalue weighted by Gasteiger charge is -2.37. The van der Waals surface area contributed by atoms with Crippen molar-refractivity contribution in [1.29, 1.82) is 0 Å². The minimum atomic E-state index is -3.61. The predicted octanol–water partition coefficient (Wildman–Crippen LogP) is 0.779. The number of piperidine rings is 1. The van der Waals surface area contributed by atoms with E-state index < -0.39 is 10.0 Å². The van der Waals surface area contributed by atoms with E-state index in [1.165, 1.54) is 31.4 Å². The molecule has 1 aromatic rings. The minimum Gasteiger partial charge on any atom is -0.384 e. The first-order chi connectivity index (χ1) is 12.9. The predicted molar refractivity (Wildman–Crippen MR) is 110 cm³/mol. The van der Waals surface area contributed by atoms with E-state index in [0.29, 0.717) is 25.3 Å². The molecule has 0 aliphatic carbocycles. The Morgan fingerprint density at radius 1 is 1.14 bits per heavy atom. The van der Waals surface area contributed by atoms with E-state index >= 15 is 0 Å². The molecule has 1 heterocycles. The van der Waals surface area contributed by atoms with Gasteiger partial charge in [-0.1, -0.05) is 0 Å². The number of rotatable bonds is 10. The van der Waals surface area contributed by atoms with Crippen LogP contribution in [0.15, 0.2) is 29.2 Å². The van der Waals surface area contributed by atoms with Gasteiger partial charge < -0.3 is 20.1 Å². The van der Waals surface area contributed by atoms with Gasteiger partial charge in [-0.15, -0.1) is 12.4 Å². The first-order valence-corrected chi connectivity index (χ1v) is 10.5. The van der Waals surface area contributed by atoms with Gasteiger partial charge >= 0.3 is 0 Å². The van der Waals surface area contributed by atoms with Gasteiger partial charge in [-0.2, -0.15) is 0 Å². The van der Waals surface area contributed by atoms with E-state index in [9.17, 15) is 13.2 Å². The van der Waals surface area contributed by atoms with Gasteiger partial charge in [0.1, 0.15) is 0 Å². The van der Waals surface area contributed by atoms with Crippen LogP contribution in [0.3, 0.4) is 0 Å². The Labute approximate surface area is 173 Å². The van der Waals surface area contributed by atoms with E-state index in [2.05, 4.69) is 15.4 Å². The van der Waals surface area contributed by atoms with E-state index in [-0.39, 0.29) is 35.2 Å². The van der Waals surface area contributed by atoms with Crippen LogP contribution < -0.4 is 15.4 Å². The second-order valence-corrected chi connectivity index (χ2v) is 8.55. The van der Waals surface area contributed by atoms with Gasteiger partial charge in [0.05, 0.1) is 18.1 Å². The van der Waals surface area contributed by atoms with Crippen molar-refractivity contribution in [1.82, 2.24) is 15.4 Å². The quantitative estimate of drug-likeness (QED) is 0.469. The number of carbonyl (C=O) groups excluding carboxylic acids is 1. The van der Waals surface area contributed by atoms with E-state index in [4.69, 9.17) is 9.47 Å². The normalized spacial score (nSPS) is 16.2. The van der Waals surface area contributed by atoms with Crippen molar-refractivity contribution in [3.63, 3.8) is 0 Å². The highest BCUT2D eigenvalue weighted by Gasteiger charge is 2.32. The Kier molecular flexibility index (Phi) is 10.4. The smallest absolute Gasteiger partial charge is 0.251 e. The lowest BCUT2D eigenvalue weighted by atomic mass is 9.79. The molecule has 0 spiro atoms. The molecule has 3 N–H and O–H groups in total. The number of sulfonamides is 1. The third-order valence-electron chi connectivity index (χ3n) is 4.76. The number of hydrogen-bond donors (Lipinski definition) is 3. The zero-order valence-corrected chi connectivity index (χ0v) is 18.0. The van der Waals surface area contributed by atoms with Crippen LogP contribution in [0, 0.1) is 5.41 Å². The molecule has 8 nitrogen and oxygen atoms in total. The van der Waals surface area contributed by atoms with Crippen molar-refractivity contribution in [2.75, 3.05) is 53.6 Å². The maximum atomic E-state index is 12.5. The molecule has 0 bridgehead atoms. The summed E-state index contributed by atoms with van der Waals surface area (Å²) in [6.45, 7) is 3.42. The Hall–Kier alpha value is -1.23. The molecule has 1 fully saturated rings. The summed E-state index contributed by atoms with van der Waals surface area (Å²) in [5.41, 5.74) is 0.358. The summed E-state index contributed by atoms with van der Waals surface area (Å²) in [4.78, 5) is 12.6. The average molecular weight is 436 g/mol. The third kappa shape index (κ3) is 6.98. The number of ether oxygens (including phenoxy) is 2. The number of nitrogens with one attached hydrogen (secondary N) is 3. The van der Waals surface area contributed by atoms with Crippen LogP contribution in [-0.2, 0) is 19.5 Å². The van der Waals surface area contributed by atoms with Crippen LogP contribution in [0.1, 0.15) is 23.2 Å². The van der Waals surface area contributed by atoms with Crippen LogP contribution in [-0.4, -0.2) is 67.9 Å². The molecular weight excluding hydrogens is 406 g/mol. The molecule has 160 valence electrons. The number of benzene rings is 1. The van der Waals surface area contributed by atoms with Gasteiger partial charge in [-0.05, 0) is 50.2 Å². The molecule has 0 atom stereocenters. The van der Waals surface area contributed by atoms with Crippen LogP contribution in [0.4, 0.5) is 0 Å². The minimum absolute atomic E-state index is 0. The fraction of sp³-hybridized carbons (Fsp3) is 0.611. The monoisotopic (exact) mass is 435 g/mol. The third-order valence-corrected chi connectivity index (χ3v) is 6.24. The summed E-state index contributed by atoms with van der Waals surface area (Å²) in [6.07, 6.45) is 1.87. The summed E-state index contributed by atoms with van der Waals surface area (Å²) in [5.74, 6) is -0.222. The van der Waals surface area contributed by atoms with Gasteiger partial charge in [0.25, 0.3) is 5.91 Å². The number of amides is 1. The van der Waals surface area contributed by atoms with E-state index in [0.717, 1.165) is 25.9 Å². The lowest BCUT2D eigenvalue weighted by Crippen LogP contribution is -2.47. The van der Waals surface area contributed by atoms with Crippen molar-refractivity contribution in [3.05, 3.63) is 29.8 Å². The molecule has 1 aliphatic rings. The molecular formula is C18H30ClN3O5S. The molecule has 0 unspecified atom stereocenters. The van der Waals surface area contributed by atoms with Gasteiger partial charge in [-0.25, -0.2) is 13.1 Å². The number of halogens is 1. The van der Waals surface area contributed by atoms with E-state index in [1.54, 1.807) is 7.11 Å². The topological polar surface area (TPSA) is 106 Å². The van der Waals surface area contributed by atoms with Crippen molar-refractivity contribution in [2.45, 2.75) is 17.7 Å². The molecule has 0 aromatic heterocycles. The fourth-order valence-electron chi connectivity index (χ4n) is 3.15. The Balaban J connectivity index is 0.00000392. The standard InChI is InChI=1S/C18H29N3O5S.ClH/c1-25-12-11-21-27(23,24)16-5-3-15(4-6-16)17(22)20-13-18(14-26-2)7-9-19-10-8-18;/h3-6,19,21H,7-14H2,1-2H3,(H,20,22);1H. The Morgan fingerprint density at radius 3 is 2.36 bits per heavy atom. The zero-order valence-electron chi connectivity index (χ0n) is 16.3. The Bertz CT molecular complexity index is 701. The molecule has 0 saturated carbocycles. The summed E-state index contributed by atoms with van der Waals surface area (Å²) in [5, 5.41) is 6.28. The number of carbonyl (C=O) groups is 1. The summed E-state index contributed by atoms with van der Waals surface area (Å²) in [6, 6.07) is 5.90. The maximum Gasteiger partial charge on any atom is 0.251 e. The van der Waals surface area contributed by atoms with Gasteiger partial charge in [0.2, 0.25) is 10.0 Å². The molecule has 2 rings (SSSR count). The molecule has 1 aromatic carbocycles. The zero-order chi connectivity index (χ0) is 19.8. The fourth-order valence-corrected chi connectivity index (χ4v) is 4.17. The Morgan fingerprint density at radius 2 is 1.79 bits per heavy atom.